The average molecular weight is 221 g/mol. The minimum absolute atomic E-state index is 0.184. The van der Waals surface area contributed by atoms with Crippen LogP contribution in [0.25, 0.3) is 0 Å². The Hall–Kier alpha value is -0.860. The third kappa shape index (κ3) is 4.77. The number of hydrogen-bond acceptors (Lipinski definition) is 2. The molecule has 0 aliphatic heterocycles. The van der Waals surface area contributed by atoms with E-state index in [1.807, 2.05) is 6.92 Å². The highest BCUT2D eigenvalue weighted by molar-refractivity contribution is 5.23. The summed E-state index contributed by atoms with van der Waals surface area (Å²) in [5.41, 5.74) is 2.62. The van der Waals surface area contributed by atoms with Gasteiger partial charge in [-0.1, -0.05) is 29.8 Å². The number of aliphatic hydroxyl groups is 1. The lowest BCUT2D eigenvalue weighted by atomic mass is 10.1. The van der Waals surface area contributed by atoms with Gasteiger partial charge in [-0.05, 0) is 45.7 Å². The van der Waals surface area contributed by atoms with Gasteiger partial charge in [0.1, 0.15) is 0 Å². The maximum absolute atomic E-state index is 9.14. The van der Waals surface area contributed by atoms with Crippen molar-refractivity contribution in [2.45, 2.75) is 45.8 Å². The van der Waals surface area contributed by atoms with Gasteiger partial charge in [-0.25, -0.2) is 0 Å². The second-order valence-corrected chi connectivity index (χ2v) is 4.58. The van der Waals surface area contributed by atoms with Crippen molar-refractivity contribution in [2.75, 3.05) is 6.54 Å². The summed E-state index contributed by atoms with van der Waals surface area (Å²) in [6, 6.07) is 9.00. The lowest BCUT2D eigenvalue weighted by Crippen LogP contribution is -2.20. The van der Waals surface area contributed by atoms with Gasteiger partial charge in [-0.3, -0.25) is 0 Å². The summed E-state index contributed by atoms with van der Waals surface area (Å²) in [7, 11) is 0. The van der Waals surface area contributed by atoms with Gasteiger partial charge in [-0.2, -0.15) is 0 Å². The molecule has 2 heteroatoms. The summed E-state index contributed by atoms with van der Waals surface area (Å²) in [6.07, 6.45) is 1.71. The quantitative estimate of drug-likeness (QED) is 0.724. The van der Waals surface area contributed by atoms with E-state index in [0.717, 1.165) is 19.4 Å². The van der Waals surface area contributed by atoms with Gasteiger partial charge in [0.15, 0.2) is 0 Å². The Morgan fingerprint density at radius 1 is 1.19 bits per heavy atom. The molecule has 1 rings (SSSR count). The zero-order chi connectivity index (χ0) is 12.0. The molecule has 1 aromatic rings. The van der Waals surface area contributed by atoms with E-state index in [0.29, 0.717) is 6.04 Å². The van der Waals surface area contributed by atoms with E-state index < -0.39 is 0 Å². The third-order valence-corrected chi connectivity index (χ3v) is 2.83. The fourth-order valence-electron chi connectivity index (χ4n) is 1.69. The molecule has 2 unspecified atom stereocenters. The Balaban J connectivity index is 2.29. The molecule has 0 aliphatic rings. The van der Waals surface area contributed by atoms with Crippen LogP contribution in [0.15, 0.2) is 24.3 Å². The lowest BCUT2D eigenvalue weighted by molar-refractivity contribution is 0.181. The maximum Gasteiger partial charge on any atom is 0.0512 e. The average Bonchev–Trinajstić information content (AvgIpc) is 2.25. The van der Waals surface area contributed by atoms with Gasteiger partial charge in [0.05, 0.1) is 6.10 Å². The zero-order valence-electron chi connectivity index (χ0n) is 10.5. The molecule has 0 saturated carbocycles. The highest BCUT2D eigenvalue weighted by atomic mass is 16.3. The minimum atomic E-state index is -0.184. The Labute approximate surface area is 98.7 Å². The normalized spacial score (nSPS) is 14.8. The molecular weight excluding hydrogens is 198 g/mol. The fourth-order valence-corrected chi connectivity index (χ4v) is 1.69. The predicted molar refractivity (Wildman–Crippen MR) is 68.5 cm³/mol. The van der Waals surface area contributed by atoms with Gasteiger partial charge in [0.2, 0.25) is 0 Å². The number of nitrogens with one attached hydrogen (secondary N) is 1. The first-order chi connectivity index (χ1) is 7.59. The van der Waals surface area contributed by atoms with E-state index in [2.05, 4.69) is 43.4 Å². The second-order valence-electron chi connectivity index (χ2n) is 4.58. The van der Waals surface area contributed by atoms with Crippen LogP contribution in [0.4, 0.5) is 0 Å². The first-order valence-corrected chi connectivity index (χ1v) is 6.07. The maximum atomic E-state index is 9.14. The van der Waals surface area contributed by atoms with Crippen molar-refractivity contribution in [2.24, 2.45) is 0 Å². The molecule has 0 radical (unpaired) electrons. The van der Waals surface area contributed by atoms with Crippen molar-refractivity contribution in [1.29, 1.82) is 0 Å². The summed E-state index contributed by atoms with van der Waals surface area (Å²) in [6.45, 7) is 7.07. The predicted octanol–water partition coefficient (Wildman–Crippen LogP) is 2.81. The SMILES string of the molecule is Cc1ccc(C(C)NCCCC(C)O)cc1. The Bertz CT molecular complexity index is 292. The van der Waals surface area contributed by atoms with Gasteiger partial charge in [0.25, 0.3) is 0 Å². The molecule has 0 fully saturated rings. The minimum Gasteiger partial charge on any atom is -0.393 e. The van der Waals surface area contributed by atoms with Crippen molar-refractivity contribution < 1.29 is 5.11 Å². The highest BCUT2D eigenvalue weighted by Gasteiger charge is 2.03. The lowest BCUT2D eigenvalue weighted by Gasteiger charge is -2.14. The van der Waals surface area contributed by atoms with Crippen LogP contribution in [0.2, 0.25) is 0 Å². The van der Waals surface area contributed by atoms with E-state index in [4.69, 9.17) is 5.11 Å². The molecule has 2 N–H and O–H groups in total. The monoisotopic (exact) mass is 221 g/mol. The molecule has 0 heterocycles. The number of hydrogen-bond donors (Lipinski definition) is 2. The Morgan fingerprint density at radius 2 is 1.81 bits per heavy atom. The van der Waals surface area contributed by atoms with Crippen molar-refractivity contribution in [3.63, 3.8) is 0 Å². The number of rotatable bonds is 6. The molecule has 0 spiro atoms. The highest BCUT2D eigenvalue weighted by Crippen LogP contribution is 2.12. The van der Waals surface area contributed by atoms with Crippen LogP contribution in [0.5, 0.6) is 0 Å². The van der Waals surface area contributed by atoms with E-state index in [9.17, 15) is 0 Å². The topological polar surface area (TPSA) is 32.3 Å². The largest absolute Gasteiger partial charge is 0.393 e. The Kier molecular flexibility index (Phi) is 5.50. The van der Waals surface area contributed by atoms with E-state index >= 15 is 0 Å². The van der Waals surface area contributed by atoms with Crippen LogP contribution < -0.4 is 5.32 Å². The smallest absolute Gasteiger partial charge is 0.0512 e. The molecule has 16 heavy (non-hydrogen) atoms. The standard InChI is InChI=1S/C14H23NO/c1-11-6-8-14(9-7-11)13(3)15-10-4-5-12(2)16/h6-9,12-13,15-16H,4-5,10H2,1-3H3. The van der Waals surface area contributed by atoms with Gasteiger partial charge < -0.3 is 10.4 Å². The van der Waals surface area contributed by atoms with Crippen molar-refractivity contribution in [3.05, 3.63) is 35.4 Å². The number of aryl methyl sites for hydroxylation is 1. The summed E-state index contributed by atoms with van der Waals surface area (Å²) in [4.78, 5) is 0. The number of benzene rings is 1. The molecule has 0 saturated heterocycles. The summed E-state index contributed by atoms with van der Waals surface area (Å²) < 4.78 is 0. The van der Waals surface area contributed by atoms with Gasteiger partial charge in [0, 0.05) is 6.04 Å². The molecule has 0 bridgehead atoms. The van der Waals surface area contributed by atoms with Crippen LogP contribution in [-0.2, 0) is 0 Å². The van der Waals surface area contributed by atoms with Crippen LogP contribution in [-0.4, -0.2) is 17.8 Å². The number of aliphatic hydroxyl groups excluding tert-OH is 1. The molecule has 1 aromatic carbocycles. The van der Waals surface area contributed by atoms with Crippen molar-refractivity contribution in [1.82, 2.24) is 5.32 Å². The van der Waals surface area contributed by atoms with Crippen LogP contribution in [0.3, 0.4) is 0 Å². The fraction of sp³-hybridized carbons (Fsp3) is 0.571. The molecule has 90 valence electrons. The molecule has 2 nitrogen and oxygen atoms in total. The van der Waals surface area contributed by atoms with Gasteiger partial charge >= 0.3 is 0 Å². The summed E-state index contributed by atoms with van der Waals surface area (Å²) in [5, 5.41) is 12.6. The molecule has 2 atom stereocenters. The molecular formula is C14H23NO. The third-order valence-electron chi connectivity index (χ3n) is 2.83. The van der Waals surface area contributed by atoms with E-state index in [-0.39, 0.29) is 6.10 Å². The zero-order valence-corrected chi connectivity index (χ0v) is 10.5. The van der Waals surface area contributed by atoms with E-state index in [1.54, 1.807) is 0 Å². The van der Waals surface area contributed by atoms with E-state index in [1.165, 1.54) is 11.1 Å². The van der Waals surface area contributed by atoms with Crippen LogP contribution >= 0.6 is 0 Å². The first-order valence-electron chi connectivity index (χ1n) is 6.07. The van der Waals surface area contributed by atoms with Gasteiger partial charge in [-0.15, -0.1) is 0 Å². The Morgan fingerprint density at radius 3 is 2.38 bits per heavy atom. The second kappa shape index (κ2) is 6.66. The van der Waals surface area contributed by atoms with Crippen LogP contribution in [0, 0.1) is 6.92 Å². The molecule has 0 amide bonds. The van der Waals surface area contributed by atoms with Crippen molar-refractivity contribution in [3.8, 4) is 0 Å². The van der Waals surface area contributed by atoms with Crippen LogP contribution in [0.1, 0.15) is 43.9 Å². The molecule has 0 aliphatic carbocycles. The molecule has 0 aromatic heterocycles. The first kappa shape index (κ1) is 13.2. The summed E-state index contributed by atoms with van der Waals surface area (Å²) >= 11 is 0. The summed E-state index contributed by atoms with van der Waals surface area (Å²) in [5.74, 6) is 0. The van der Waals surface area contributed by atoms with Crippen molar-refractivity contribution >= 4 is 0 Å².